The molecule has 0 radical (unpaired) electrons. The third-order valence-electron chi connectivity index (χ3n) is 6.49. The van der Waals surface area contributed by atoms with Gasteiger partial charge >= 0.3 is 0 Å². The van der Waals surface area contributed by atoms with E-state index in [2.05, 4.69) is 42.4 Å². The van der Waals surface area contributed by atoms with Crippen molar-refractivity contribution in [2.24, 2.45) is 7.05 Å². The number of hydrogen-bond donors (Lipinski definition) is 1. The largest absolute Gasteiger partial charge is 0.436 e. The number of anilines is 1. The van der Waals surface area contributed by atoms with E-state index in [1.54, 1.807) is 43.6 Å². The van der Waals surface area contributed by atoms with Gasteiger partial charge in [-0.25, -0.2) is 4.98 Å². The van der Waals surface area contributed by atoms with Gasteiger partial charge in [0.2, 0.25) is 5.89 Å². The normalized spacial score (nSPS) is 15.2. The van der Waals surface area contributed by atoms with E-state index in [9.17, 15) is 4.79 Å². The topological polar surface area (TPSA) is 132 Å². The molecule has 5 aromatic rings. The van der Waals surface area contributed by atoms with Crippen LogP contribution in [0.1, 0.15) is 27.9 Å². The Kier molecular flexibility index (Phi) is 5.81. The number of benzene rings is 2. The zero-order valence-electron chi connectivity index (χ0n) is 20.2. The van der Waals surface area contributed by atoms with E-state index >= 15 is 0 Å². The summed E-state index contributed by atoms with van der Waals surface area (Å²) in [5.41, 5.74) is 9.90. The maximum atomic E-state index is 13.4. The molecule has 1 aliphatic rings. The monoisotopic (exact) mass is 495 g/mol. The molecule has 2 aromatic carbocycles. The van der Waals surface area contributed by atoms with Crippen LogP contribution in [0.3, 0.4) is 0 Å². The molecule has 0 spiro atoms. The van der Waals surface area contributed by atoms with Crippen molar-refractivity contribution in [2.45, 2.75) is 6.04 Å². The fourth-order valence-corrected chi connectivity index (χ4v) is 4.66. The van der Waals surface area contributed by atoms with E-state index < -0.39 is 0 Å². The first-order valence-electron chi connectivity index (χ1n) is 12.0. The molecule has 0 saturated carbocycles. The average Bonchev–Trinajstić information content (AvgIpc) is 3.55. The molecular weight excluding hydrogens is 470 g/mol. The number of aromatic nitrogens is 6. The van der Waals surface area contributed by atoms with Crippen molar-refractivity contribution in [3.05, 3.63) is 83.9 Å². The Morgan fingerprint density at radius 1 is 1.03 bits per heavy atom. The third-order valence-corrected chi connectivity index (χ3v) is 6.49. The SMILES string of the molecule is Cn1nnc(C(c2ccccc2)N2CCN(C(=O)c3cc(-c4nc5cc(N)ccc5o4)ccn3)CC2)n1. The number of oxazole rings is 1. The van der Waals surface area contributed by atoms with Gasteiger partial charge in [-0.15, -0.1) is 10.2 Å². The van der Waals surface area contributed by atoms with E-state index in [4.69, 9.17) is 10.2 Å². The van der Waals surface area contributed by atoms with Crippen LogP contribution >= 0.6 is 0 Å². The van der Waals surface area contributed by atoms with Gasteiger partial charge in [0.25, 0.3) is 5.91 Å². The molecule has 6 rings (SSSR count). The van der Waals surface area contributed by atoms with Gasteiger partial charge in [0.1, 0.15) is 11.2 Å². The molecule has 1 fully saturated rings. The van der Waals surface area contributed by atoms with Gasteiger partial charge in [0.05, 0.1) is 13.1 Å². The highest BCUT2D eigenvalue weighted by Gasteiger charge is 2.31. The lowest BCUT2D eigenvalue weighted by molar-refractivity contribution is 0.0586. The van der Waals surface area contributed by atoms with Crippen LogP contribution in [0.4, 0.5) is 5.69 Å². The minimum atomic E-state index is -0.137. The summed E-state index contributed by atoms with van der Waals surface area (Å²) in [6.07, 6.45) is 1.60. The van der Waals surface area contributed by atoms with E-state index in [0.29, 0.717) is 65.9 Å². The number of nitrogen functional groups attached to an aromatic ring is 1. The first kappa shape index (κ1) is 22.8. The minimum absolute atomic E-state index is 0.129. The lowest BCUT2D eigenvalue weighted by atomic mass is 10.0. The van der Waals surface area contributed by atoms with Crippen molar-refractivity contribution in [1.29, 1.82) is 0 Å². The van der Waals surface area contributed by atoms with Crippen LogP contribution in [0.5, 0.6) is 0 Å². The maximum absolute atomic E-state index is 13.4. The van der Waals surface area contributed by atoms with Crippen LogP contribution in [0, 0.1) is 0 Å². The molecule has 11 nitrogen and oxygen atoms in total. The number of fused-ring (bicyclic) bond motifs is 1. The fourth-order valence-electron chi connectivity index (χ4n) is 4.66. The second-order valence-electron chi connectivity index (χ2n) is 8.95. The quantitative estimate of drug-likeness (QED) is 0.365. The number of nitrogens with zero attached hydrogens (tertiary/aromatic N) is 8. The smallest absolute Gasteiger partial charge is 0.272 e. The van der Waals surface area contributed by atoms with Gasteiger partial charge in [0, 0.05) is 43.6 Å². The Hall–Kier alpha value is -4.64. The number of carbonyl (C=O) groups is 1. The fraction of sp³-hybridized carbons (Fsp3) is 0.231. The molecule has 186 valence electrons. The molecule has 1 aliphatic heterocycles. The van der Waals surface area contributed by atoms with Gasteiger partial charge in [-0.1, -0.05) is 30.3 Å². The maximum Gasteiger partial charge on any atom is 0.272 e. The Labute approximate surface area is 212 Å². The zero-order chi connectivity index (χ0) is 25.4. The van der Waals surface area contributed by atoms with Crippen molar-refractivity contribution >= 4 is 22.7 Å². The summed E-state index contributed by atoms with van der Waals surface area (Å²) in [7, 11) is 1.76. The molecule has 1 unspecified atom stereocenters. The summed E-state index contributed by atoms with van der Waals surface area (Å²) in [5.74, 6) is 0.933. The summed E-state index contributed by atoms with van der Waals surface area (Å²) < 4.78 is 5.87. The Balaban J connectivity index is 1.19. The van der Waals surface area contributed by atoms with Crippen LogP contribution in [0.25, 0.3) is 22.6 Å². The molecule has 1 saturated heterocycles. The highest BCUT2D eigenvalue weighted by atomic mass is 16.3. The molecule has 1 amide bonds. The van der Waals surface area contributed by atoms with Crippen LogP contribution in [0.2, 0.25) is 0 Å². The zero-order valence-corrected chi connectivity index (χ0v) is 20.2. The predicted molar refractivity (Wildman–Crippen MR) is 136 cm³/mol. The second-order valence-corrected chi connectivity index (χ2v) is 8.95. The number of piperazine rings is 1. The summed E-state index contributed by atoms with van der Waals surface area (Å²) in [6, 6.07) is 18.8. The number of carbonyl (C=O) groups excluding carboxylic acids is 1. The summed E-state index contributed by atoms with van der Waals surface area (Å²) in [6.45, 7) is 2.43. The van der Waals surface area contributed by atoms with Gasteiger partial charge in [-0.2, -0.15) is 4.80 Å². The first-order chi connectivity index (χ1) is 18.0. The summed E-state index contributed by atoms with van der Waals surface area (Å²) in [5, 5.41) is 12.8. The molecule has 0 bridgehead atoms. The lowest BCUT2D eigenvalue weighted by Gasteiger charge is -2.38. The Morgan fingerprint density at radius 3 is 2.59 bits per heavy atom. The average molecular weight is 496 g/mol. The van der Waals surface area contributed by atoms with Crippen molar-refractivity contribution in [2.75, 3.05) is 31.9 Å². The predicted octanol–water partition coefficient (Wildman–Crippen LogP) is 2.54. The number of hydrogen-bond acceptors (Lipinski definition) is 9. The van der Waals surface area contributed by atoms with Gasteiger partial charge in [-0.3, -0.25) is 14.7 Å². The van der Waals surface area contributed by atoms with Crippen LogP contribution in [0.15, 0.2) is 71.3 Å². The number of tetrazole rings is 1. The van der Waals surface area contributed by atoms with Crippen LogP contribution in [-0.4, -0.2) is 72.1 Å². The van der Waals surface area contributed by atoms with Crippen molar-refractivity contribution in [3.63, 3.8) is 0 Å². The van der Waals surface area contributed by atoms with Crippen LogP contribution in [-0.2, 0) is 7.05 Å². The standard InChI is InChI=1S/C26H25N9O2/c1-33-31-24(30-32-33)23(17-5-3-2-4-6-17)34-11-13-35(14-12-34)26(36)21-15-18(9-10-28-21)25-29-20-16-19(27)7-8-22(20)37-25/h2-10,15-16,23H,11-14,27H2,1H3. The van der Waals surface area contributed by atoms with Crippen molar-refractivity contribution in [3.8, 4) is 11.5 Å². The molecule has 3 aromatic heterocycles. The van der Waals surface area contributed by atoms with Crippen LogP contribution < -0.4 is 5.73 Å². The molecular formula is C26H25N9O2. The molecule has 11 heteroatoms. The number of amides is 1. The van der Waals surface area contributed by atoms with E-state index in [0.717, 1.165) is 5.56 Å². The summed E-state index contributed by atoms with van der Waals surface area (Å²) >= 11 is 0. The first-order valence-corrected chi connectivity index (χ1v) is 12.0. The van der Waals surface area contributed by atoms with E-state index in [-0.39, 0.29) is 11.9 Å². The number of rotatable bonds is 5. The van der Waals surface area contributed by atoms with Gasteiger partial charge in [-0.05, 0) is 41.1 Å². The molecule has 1 atom stereocenters. The molecule has 0 aliphatic carbocycles. The Bertz CT molecular complexity index is 1550. The number of pyridine rings is 1. The summed E-state index contributed by atoms with van der Waals surface area (Å²) in [4.78, 5) is 27.8. The number of aryl methyl sites for hydroxylation is 1. The minimum Gasteiger partial charge on any atom is -0.436 e. The third kappa shape index (κ3) is 4.52. The molecule has 4 heterocycles. The second kappa shape index (κ2) is 9.43. The van der Waals surface area contributed by atoms with Gasteiger partial charge in [0.15, 0.2) is 11.4 Å². The number of nitrogens with two attached hydrogens (primary N) is 1. The lowest BCUT2D eigenvalue weighted by Crippen LogP contribution is -2.50. The Morgan fingerprint density at radius 2 is 1.84 bits per heavy atom. The molecule has 2 N–H and O–H groups in total. The van der Waals surface area contributed by atoms with E-state index in [1.807, 2.05) is 23.1 Å². The molecule has 37 heavy (non-hydrogen) atoms. The van der Waals surface area contributed by atoms with Crippen molar-refractivity contribution in [1.82, 2.24) is 40.0 Å². The van der Waals surface area contributed by atoms with E-state index in [1.165, 1.54) is 4.80 Å². The van der Waals surface area contributed by atoms with Crippen molar-refractivity contribution < 1.29 is 9.21 Å². The highest BCUT2D eigenvalue weighted by molar-refractivity contribution is 5.93. The highest BCUT2D eigenvalue weighted by Crippen LogP contribution is 2.28. The van der Waals surface area contributed by atoms with Gasteiger partial charge < -0.3 is 15.1 Å².